The average molecular weight is 713 g/mol. The number of methoxy groups -OCH3 is 2. The molecule has 9 rings (SSSR count). The molecule has 1 N–H and O–H groups in total. The topological polar surface area (TPSA) is 125 Å². The minimum atomic E-state index is -1.01. The van der Waals surface area contributed by atoms with Crippen LogP contribution < -0.4 is 9.47 Å². The molecule has 1 aliphatic carbocycles. The van der Waals surface area contributed by atoms with Crippen LogP contribution in [0.15, 0.2) is 109 Å². The Hall–Kier alpha value is -6.68. The minimum Gasteiger partial charge on any atom is -0.497 e. The zero-order chi connectivity index (χ0) is 36.8. The van der Waals surface area contributed by atoms with Crippen molar-refractivity contribution in [3.8, 4) is 56.5 Å². The Morgan fingerprint density at radius 3 is 1.85 bits per heavy atom. The summed E-state index contributed by atoms with van der Waals surface area (Å²) in [4.78, 5) is 37.5. The second-order valence-corrected chi connectivity index (χ2v) is 13.6. The maximum atomic E-state index is 12.8. The third-order valence-corrected chi connectivity index (χ3v) is 10.4. The fourth-order valence-electron chi connectivity index (χ4n) is 7.76. The lowest BCUT2D eigenvalue weighted by molar-refractivity contribution is 0.0698. The van der Waals surface area contributed by atoms with Gasteiger partial charge in [-0.15, -0.1) is 0 Å². The standard InChI is InChI=1S/C44H36N6O4/c1-53-31-14-8-26(9-15-31)40-41(27-10-16-32(54-2)17-11-27)48-37-25-29(13-20-35(37)47-40)43-49-42-38(50(43)30-6-4-3-5-7-30)21-18-33(44(51)52)39(42)28-12-19-34-36(24-28)46-23-22-45-34/h8-25,30H,3-7H2,1-2H3,(H,51,52). The van der Waals surface area contributed by atoms with E-state index in [1.807, 2.05) is 84.9 Å². The predicted octanol–water partition coefficient (Wildman–Crippen LogP) is 9.81. The van der Waals surface area contributed by atoms with E-state index in [4.69, 9.17) is 24.4 Å². The van der Waals surface area contributed by atoms with Crippen molar-refractivity contribution in [2.24, 2.45) is 0 Å². The van der Waals surface area contributed by atoms with Gasteiger partial charge >= 0.3 is 5.97 Å². The van der Waals surface area contributed by atoms with Crippen LogP contribution in [-0.4, -0.2) is 54.8 Å². The van der Waals surface area contributed by atoms with Gasteiger partial charge in [0.15, 0.2) is 0 Å². The first-order valence-corrected chi connectivity index (χ1v) is 18.1. The number of benzene rings is 5. The second kappa shape index (κ2) is 13.7. The molecule has 5 aromatic carbocycles. The maximum Gasteiger partial charge on any atom is 0.336 e. The van der Waals surface area contributed by atoms with Gasteiger partial charge in [0, 0.05) is 40.7 Å². The Bertz CT molecular complexity index is 2700. The normalized spacial score (nSPS) is 13.4. The number of nitrogens with zero attached hydrogens (tertiary/aromatic N) is 6. The molecule has 3 aromatic heterocycles. The number of carboxylic acid groups (broad SMARTS) is 1. The quantitative estimate of drug-likeness (QED) is 0.164. The Labute approximate surface area is 311 Å². The van der Waals surface area contributed by atoms with E-state index in [1.54, 1.807) is 32.7 Å². The molecular weight excluding hydrogens is 677 g/mol. The molecule has 1 aliphatic rings. The molecule has 0 atom stereocenters. The molecule has 54 heavy (non-hydrogen) atoms. The van der Waals surface area contributed by atoms with Gasteiger partial charge in [0.2, 0.25) is 0 Å². The van der Waals surface area contributed by atoms with Gasteiger partial charge in [0.25, 0.3) is 0 Å². The van der Waals surface area contributed by atoms with Gasteiger partial charge < -0.3 is 19.1 Å². The van der Waals surface area contributed by atoms with Gasteiger partial charge in [0.1, 0.15) is 17.3 Å². The number of aromatic nitrogens is 6. The lowest BCUT2D eigenvalue weighted by atomic mass is 9.94. The Kier molecular flexibility index (Phi) is 8.42. The highest BCUT2D eigenvalue weighted by molar-refractivity contribution is 6.07. The molecule has 0 saturated heterocycles. The van der Waals surface area contributed by atoms with Crippen LogP contribution in [0.25, 0.3) is 78.1 Å². The summed E-state index contributed by atoms with van der Waals surface area (Å²) in [6.07, 6.45) is 8.76. The molecule has 0 spiro atoms. The lowest BCUT2D eigenvalue weighted by Gasteiger charge is -2.26. The van der Waals surface area contributed by atoms with Crippen LogP contribution in [0.5, 0.6) is 11.5 Å². The zero-order valence-corrected chi connectivity index (χ0v) is 29.9. The molecule has 10 heteroatoms. The number of hydrogen-bond acceptors (Lipinski definition) is 8. The first-order chi connectivity index (χ1) is 26.5. The van der Waals surface area contributed by atoms with E-state index in [0.717, 1.165) is 98.7 Å². The second-order valence-electron chi connectivity index (χ2n) is 13.6. The van der Waals surface area contributed by atoms with E-state index in [1.165, 1.54) is 6.42 Å². The highest BCUT2D eigenvalue weighted by Crippen LogP contribution is 2.41. The number of imidazole rings is 1. The fraction of sp³-hybridized carbons (Fsp3) is 0.182. The van der Waals surface area contributed by atoms with Crippen LogP contribution in [0.2, 0.25) is 0 Å². The van der Waals surface area contributed by atoms with Crippen molar-refractivity contribution in [1.29, 1.82) is 0 Å². The van der Waals surface area contributed by atoms with E-state index in [9.17, 15) is 9.90 Å². The number of ether oxygens (including phenoxy) is 2. The van der Waals surface area contributed by atoms with Crippen molar-refractivity contribution < 1.29 is 19.4 Å². The third kappa shape index (κ3) is 5.85. The Balaban J connectivity index is 1.26. The number of rotatable bonds is 8. The average Bonchev–Trinajstić information content (AvgIpc) is 3.62. The molecule has 0 unspecified atom stereocenters. The summed E-state index contributed by atoms with van der Waals surface area (Å²) in [5.74, 6) is 1.27. The lowest BCUT2D eigenvalue weighted by Crippen LogP contribution is -2.14. The number of aromatic carboxylic acids is 1. The molecule has 266 valence electrons. The van der Waals surface area contributed by atoms with Gasteiger partial charge in [-0.1, -0.05) is 25.3 Å². The maximum absolute atomic E-state index is 12.8. The van der Waals surface area contributed by atoms with Gasteiger partial charge in [-0.3, -0.25) is 9.97 Å². The van der Waals surface area contributed by atoms with Crippen molar-refractivity contribution in [2.75, 3.05) is 14.2 Å². The largest absolute Gasteiger partial charge is 0.497 e. The van der Waals surface area contributed by atoms with Crippen LogP contribution in [-0.2, 0) is 0 Å². The SMILES string of the molecule is COc1ccc(-c2nc3ccc(-c4nc5c(-c6ccc7nccnc7c6)c(C(=O)O)ccc5n4C4CCCCC4)cc3nc2-c2ccc(OC)cc2)cc1. The number of fused-ring (bicyclic) bond motifs is 3. The van der Waals surface area contributed by atoms with E-state index < -0.39 is 5.97 Å². The summed E-state index contributed by atoms with van der Waals surface area (Å²) in [5.41, 5.74) is 10.1. The highest BCUT2D eigenvalue weighted by Gasteiger charge is 2.27. The molecule has 3 heterocycles. The molecule has 0 radical (unpaired) electrons. The van der Waals surface area contributed by atoms with Crippen molar-refractivity contribution in [3.63, 3.8) is 0 Å². The summed E-state index contributed by atoms with van der Waals surface area (Å²) < 4.78 is 13.2. The van der Waals surface area contributed by atoms with E-state index in [2.05, 4.69) is 20.6 Å². The van der Waals surface area contributed by atoms with Gasteiger partial charge in [-0.25, -0.2) is 19.7 Å². The van der Waals surface area contributed by atoms with E-state index in [-0.39, 0.29) is 11.6 Å². The van der Waals surface area contributed by atoms with Crippen LogP contribution in [0.3, 0.4) is 0 Å². The van der Waals surface area contributed by atoms with E-state index in [0.29, 0.717) is 16.6 Å². The number of carbonyl (C=O) groups is 1. The summed E-state index contributed by atoms with van der Waals surface area (Å²) in [6, 6.07) is 31.3. The van der Waals surface area contributed by atoms with Crippen LogP contribution in [0.1, 0.15) is 48.5 Å². The van der Waals surface area contributed by atoms with Crippen molar-refractivity contribution in [1.82, 2.24) is 29.5 Å². The molecule has 0 amide bonds. The highest BCUT2D eigenvalue weighted by atomic mass is 16.5. The molecule has 0 bridgehead atoms. The summed E-state index contributed by atoms with van der Waals surface area (Å²) in [5, 5.41) is 10.4. The molecule has 1 fully saturated rings. The Morgan fingerprint density at radius 1 is 0.630 bits per heavy atom. The smallest absolute Gasteiger partial charge is 0.336 e. The first kappa shape index (κ1) is 33.2. The zero-order valence-electron chi connectivity index (χ0n) is 29.9. The van der Waals surface area contributed by atoms with Gasteiger partial charge in [0.05, 0.1) is 64.3 Å². The minimum absolute atomic E-state index is 0.185. The monoisotopic (exact) mass is 712 g/mol. The van der Waals surface area contributed by atoms with Crippen LogP contribution >= 0.6 is 0 Å². The molecule has 0 aliphatic heterocycles. The summed E-state index contributed by atoms with van der Waals surface area (Å²) in [6.45, 7) is 0. The number of carboxylic acids is 1. The molecular formula is C44H36N6O4. The Morgan fingerprint density at radius 2 is 1.20 bits per heavy atom. The fourth-order valence-corrected chi connectivity index (χ4v) is 7.76. The van der Waals surface area contributed by atoms with Crippen molar-refractivity contribution in [3.05, 3.63) is 115 Å². The molecule has 10 nitrogen and oxygen atoms in total. The first-order valence-electron chi connectivity index (χ1n) is 18.1. The van der Waals surface area contributed by atoms with Crippen LogP contribution in [0, 0.1) is 0 Å². The molecule has 1 saturated carbocycles. The predicted molar refractivity (Wildman–Crippen MR) is 210 cm³/mol. The summed E-state index contributed by atoms with van der Waals surface area (Å²) in [7, 11) is 3.30. The van der Waals surface area contributed by atoms with Crippen molar-refractivity contribution in [2.45, 2.75) is 38.1 Å². The van der Waals surface area contributed by atoms with Gasteiger partial charge in [-0.2, -0.15) is 0 Å². The van der Waals surface area contributed by atoms with E-state index >= 15 is 0 Å². The van der Waals surface area contributed by atoms with Crippen molar-refractivity contribution >= 4 is 39.1 Å². The van der Waals surface area contributed by atoms with Gasteiger partial charge in [-0.05, 0) is 109 Å². The van der Waals surface area contributed by atoms with Crippen LogP contribution in [0.4, 0.5) is 0 Å². The summed E-state index contributed by atoms with van der Waals surface area (Å²) >= 11 is 0. The molecule has 8 aromatic rings. The number of hydrogen-bond donors (Lipinski definition) is 1. The third-order valence-electron chi connectivity index (χ3n) is 10.4.